The summed E-state index contributed by atoms with van der Waals surface area (Å²) in [6.45, 7) is 3.59. The molecule has 0 spiro atoms. The van der Waals surface area contributed by atoms with Crippen LogP contribution < -0.4 is 5.73 Å². The number of nitriles is 1. The van der Waals surface area contributed by atoms with Crippen molar-refractivity contribution in [1.29, 1.82) is 5.26 Å². The molecule has 0 saturated heterocycles. The molecule has 1 heterocycles. The molecule has 0 saturated carbocycles. The van der Waals surface area contributed by atoms with Crippen LogP contribution >= 0.6 is 11.6 Å². The maximum absolute atomic E-state index is 12.5. The molecule has 3 rings (SSSR count). The lowest BCUT2D eigenvalue weighted by atomic mass is 9.82. The zero-order chi connectivity index (χ0) is 20.3. The first-order valence-corrected chi connectivity index (χ1v) is 9.15. The van der Waals surface area contributed by atoms with Gasteiger partial charge in [-0.3, -0.25) is 0 Å². The highest BCUT2D eigenvalue weighted by molar-refractivity contribution is 6.30. The van der Waals surface area contributed by atoms with Gasteiger partial charge in [-0.25, -0.2) is 4.79 Å². The standard InChI is InChI=1S/C22H19ClN2O3/c1-3-27-22(26)19-13(2)28-21(25)18(12-24)20(19)16-6-4-14(5-7-16)15-8-10-17(23)11-9-15/h4-11,20H,3,25H2,1-2H3. The van der Waals surface area contributed by atoms with Crippen molar-refractivity contribution in [3.63, 3.8) is 0 Å². The van der Waals surface area contributed by atoms with Gasteiger partial charge in [0.1, 0.15) is 17.4 Å². The van der Waals surface area contributed by atoms with Crippen LogP contribution in [0.1, 0.15) is 25.3 Å². The van der Waals surface area contributed by atoms with E-state index in [1.165, 1.54) is 0 Å². The Labute approximate surface area is 168 Å². The minimum Gasteiger partial charge on any atom is -0.463 e. The minimum absolute atomic E-state index is 0.000161. The van der Waals surface area contributed by atoms with Crippen LogP contribution in [-0.2, 0) is 14.3 Å². The van der Waals surface area contributed by atoms with Gasteiger partial charge < -0.3 is 15.2 Å². The molecule has 0 bridgehead atoms. The zero-order valence-electron chi connectivity index (χ0n) is 15.5. The largest absolute Gasteiger partial charge is 0.463 e. The average Bonchev–Trinajstić information content (AvgIpc) is 2.68. The SMILES string of the molecule is CCOC(=O)C1=C(C)OC(N)=C(C#N)C1c1ccc(-c2ccc(Cl)cc2)cc1. The number of esters is 1. The molecule has 1 aliphatic rings. The van der Waals surface area contributed by atoms with E-state index in [-0.39, 0.29) is 23.6 Å². The molecule has 1 unspecified atom stereocenters. The Morgan fingerprint density at radius 3 is 2.29 bits per heavy atom. The first-order chi connectivity index (χ1) is 13.5. The second kappa shape index (κ2) is 8.20. The molecule has 0 radical (unpaired) electrons. The van der Waals surface area contributed by atoms with E-state index in [0.717, 1.165) is 16.7 Å². The third-order valence-corrected chi connectivity index (χ3v) is 4.77. The molecule has 28 heavy (non-hydrogen) atoms. The molecular weight excluding hydrogens is 376 g/mol. The topological polar surface area (TPSA) is 85.3 Å². The number of ether oxygens (including phenoxy) is 2. The number of nitrogens with zero attached hydrogens (tertiary/aromatic N) is 1. The molecule has 2 aromatic rings. The summed E-state index contributed by atoms with van der Waals surface area (Å²) in [5, 5.41) is 10.3. The van der Waals surface area contributed by atoms with Crippen LogP contribution in [0.5, 0.6) is 0 Å². The number of allylic oxidation sites excluding steroid dienone is 2. The second-order valence-electron chi connectivity index (χ2n) is 6.24. The van der Waals surface area contributed by atoms with Crippen LogP contribution in [0.4, 0.5) is 0 Å². The Kier molecular flexibility index (Phi) is 5.72. The predicted molar refractivity (Wildman–Crippen MR) is 107 cm³/mol. The molecule has 0 amide bonds. The van der Waals surface area contributed by atoms with E-state index in [4.69, 9.17) is 26.8 Å². The number of carbonyl (C=O) groups is 1. The Morgan fingerprint density at radius 1 is 1.18 bits per heavy atom. The van der Waals surface area contributed by atoms with Crippen LogP contribution in [0.3, 0.4) is 0 Å². The van der Waals surface area contributed by atoms with Crippen molar-refractivity contribution in [1.82, 2.24) is 0 Å². The van der Waals surface area contributed by atoms with E-state index in [2.05, 4.69) is 6.07 Å². The van der Waals surface area contributed by atoms with Crippen molar-refractivity contribution in [2.75, 3.05) is 6.61 Å². The fourth-order valence-corrected chi connectivity index (χ4v) is 3.32. The fraction of sp³-hybridized carbons (Fsp3) is 0.182. The summed E-state index contributed by atoms with van der Waals surface area (Å²) in [4.78, 5) is 12.5. The Morgan fingerprint density at radius 2 is 1.75 bits per heavy atom. The monoisotopic (exact) mass is 394 g/mol. The maximum Gasteiger partial charge on any atom is 0.338 e. The summed E-state index contributed by atoms with van der Waals surface area (Å²) in [5.74, 6) is -0.828. The Bertz CT molecular complexity index is 1000. The molecule has 0 fully saturated rings. The average molecular weight is 395 g/mol. The van der Waals surface area contributed by atoms with Crippen molar-refractivity contribution in [3.8, 4) is 17.2 Å². The molecular formula is C22H19ClN2O3. The maximum atomic E-state index is 12.5. The minimum atomic E-state index is -0.642. The number of carbonyl (C=O) groups excluding carboxylic acids is 1. The van der Waals surface area contributed by atoms with E-state index >= 15 is 0 Å². The summed E-state index contributed by atoms with van der Waals surface area (Å²) in [5.41, 5.74) is 9.14. The molecule has 2 aromatic carbocycles. The van der Waals surface area contributed by atoms with E-state index < -0.39 is 11.9 Å². The summed E-state index contributed by atoms with van der Waals surface area (Å²) in [6, 6.07) is 17.2. The van der Waals surface area contributed by atoms with E-state index in [0.29, 0.717) is 10.8 Å². The first kappa shape index (κ1) is 19.5. The fourth-order valence-electron chi connectivity index (χ4n) is 3.20. The van der Waals surface area contributed by atoms with Gasteiger partial charge in [-0.2, -0.15) is 5.26 Å². The summed E-state index contributed by atoms with van der Waals surface area (Å²) < 4.78 is 10.6. The number of halogens is 1. The van der Waals surface area contributed by atoms with Gasteiger partial charge >= 0.3 is 5.97 Å². The highest BCUT2D eigenvalue weighted by Gasteiger charge is 2.36. The molecule has 1 atom stereocenters. The highest BCUT2D eigenvalue weighted by atomic mass is 35.5. The van der Waals surface area contributed by atoms with Crippen LogP contribution in [-0.4, -0.2) is 12.6 Å². The lowest BCUT2D eigenvalue weighted by molar-refractivity contribution is -0.139. The predicted octanol–water partition coefficient (Wildman–Crippen LogP) is 4.65. The summed E-state index contributed by atoms with van der Waals surface area (Å²) in [6.07, 6.45) is 0. The quantitative estimate of drug-likeness (QED) is 0.762. The van der Waals surface area contributed by atoms with E-state index in [1.807, 2.05) is 48.5 Å². The van der Waals surface area contributed by atoms with Crippen molar-refractivity contribution < 1.29 is 14.3 Å². The number of hydrogen-bond acceptors (Lipinski definition) is 5. The van der Waals surface area contributed by atoms with Crippen molar-refractivity contribution in [2.24, 2.45) is 5.73 Å². The van der Waals surface area contributed by atoms with Crippen molar-refractivity contribution >= 4 is 17.6 Å². The molecule has 5 nitrogen and oxygen atoms in total. The second-order valence-corrected chi connectivity index (χ2v) is 6.68. The molecule has 142 valence electrons. The highest BCUT2D eigenvalue weighted by Crippen LogP contribution is 2.40. The van der Waals surface area contributed by atoms with Crippen molar-refractivity contribution in [2.45, 2.75) is 19.8 Å². The van der Waals surface area contributed by atoms with Gasteiger partial charge in [-0.1, -0.05) is 48.0 Å². The van der Waals surface area contributed by atoms with E-state index in [1.54, 1.807) is 13.8 Å². The van der Waals surface area contributed by atoms with Crippen LogP contribution in [0.15, 0.2) is 71.3 Å². The summed E-state index contributed by atoms with van der Waals surface area (Å²) >= 11 is 5.95. The lowest BCUT2D eigenvalue weighted by Gasteiger charge is -2.27. The van der Waals surface area contributed by atoms with Gasteiger partial charge in [0, 0.05) is 5.02 Å². The molecule has 1 aliphatic heterocycles. The third-order valence-electron chi connectivity index (χ3n) is 4.52. The van der Waals surface area contributed by atoms with Gasteiger partial charge in [0.05, 0.1) is 18.1 Å². The molecule has 0 aromatic heterocycles. The third kappa shape index (κ3) is 3.73. The van der Waals surface area contributed by atoms with Crippen molar-refractivity contribution in [3.05, 3.63) is 81.9 Å². The van der Waals surface area contributed by atoms with Gasteiger partial charge in [0.2, 0.25) is 5.88 Å². The number of hydrogen-bond donors (Lipinski definition) is 1. The number of rotatable bonds is 4. The van der Waals surface area contributed by atoms with E-state index in [9.17, 15) is 10.1 Å². The van der Waals surface area contributed by atoms with Crippen LogP contribution in [0.25, 0.3) is 11.1 Å². The normalized spacial score (nSPS) is 16.4. The van der Waals surface area contributed by atoms with Crippen LogP contribution in [0.2, 0.25) is 5.02 Å². The first-order valence-electron chi connectivity index (χ1n) is 8.77. The molecule has 6 heteroatoms. The lowest BCUT2D eigenvalue weighted by Crippen LogP contribution is -2.25. The van der Waals surface area contributed by atoms with Gasteiger partial charge in [-0.15, -0.1) is 0 Å². The van der Waals surface area contributed by atoms with Gasteiger partial charge in [-0.05, 0) is 42.7 Å². The Balaban J connectivity index is 2.04. The number of benzene rings is 2. The number of nitrogens with two attached hydrogens (primary N) is 1. The van der Waals surface area contributed by atoms with Crippen LogP contribution in [0, 0.1) is 11.3 Å². The summed E-state index contributed by atoms with van der Waals surface area (Å²) in [7, 11) is 0. The smallest absolute Gasteiger partial charge is 0.338 e. The Hall–Kier alpha value is -3.23. The zero-order valence-corrected chi connectivity index (χ0v) is 16.3. The van der Waals surface area contributed by atoms with Gasteiger partial charge in [0.15, 0.2) is 0 Å². The van der Waals surface area contributed by atoms with Gasteiger partial charge in [0.25, 0.3) is 0 Å². The molecule has 0 aliphatic carbocycles. The molecule has 2 N–H and O–H groups in total.